The third-order valence-electron chi connectivity index (χ3n) is 5.03. The lowest BCUT2D eigenvalue weighted by Gasteiger charge is -2.20. The van der Waals surface area contributed by atoms with E-state index in [2.05, 4.69) is 0 Å². The van der Waals surface area contributed by atoms with Crippen LogP contribution in [0.4, 0.5) is 26.3 Å². The molecule has 3 rings (SSSR count). The van der Waals surface area contributed by atoms with Crippen LogP contribution in [0.2, 0.25) is 0 Å². The molecule has 2 fully saturated rings. The van der Waals surface area contributed by atoms with Gasteiger partial charge in [0.05, 0.1) is 11.1 Å². The molecule has 1 aliphatic carbocycles. The lowest BCUT2D eigenvalue weighted by molar-refractivity contribution is -0.143. The Morgan fingerprint density at radius 2 is 1.52 bits per heavy atom. The molecule has 25 heavy (non-hydrogen) atoms. The first-order chi connectivity index (χ1) is 11.5. The summed E-state index contributed by atoms with van der Waals surface area (Å²) < 4.78 is 77.4. The topological polar surface area (TPSA) is 46.3 Å². The normalized spacial score (nSPS) is 26.8. The van der Waals surface area contributed by atoms with Crippen molar-refractivity contribution in [3.05, 3.63) is 34.9 Å². The van der Waals surface area contributed by atoms with Gasteiger partial charge in [-0.25, -0.2) is 0 Å². The monoisotopic (exact) mass is 366 g/mol. The highest BCUT2D eigenvalue weighted by Crippen LogP contribution is 2.39. The van der Waals surface area contributed by atoms with Crippen LogP contribution in [0.15, 0.2) is 18.2 Å². The fourth-order valence-electron chi connectivity index (χ4n) is 3.73. The van der Waals surface area contributed by atoms with Crippen LogP contribution in [0.3, 0.4) is 0 Å². The first-order valence-corrected chi connectivity index (χ1v) is 7.81. The minimum Gasteiger partial charge on any atom is -0.338 e. The second-order valence-electron chi connectivity index (χ2n) is 6.67. The number of nitrogens with two attached hydrogens (primary N) is 1. The molecule has 3 atom stereocenters. The zero-order valence-electron chi connectivity index (χ0n) is 13.0. The predicted molar refractivity (Wildman–Crippen MR) is 76.5 cm³/mol. The molecule has 1 saturated heterocycles. The van der Waals surface area contributed by atoms with Gasteiger partial charge in [0.1, 0.15) is 0 Å². The molecule has 1 amide bonds. The molecule has 2 aliphatic rings. The van der Waals surface area contributed by atoms with Gasteiger partial charge in [0.25, 0.3) is 5.91 Å². The van der Waals surface area contributed by atoms with Gasteiger partial charge in [0, 0.05) is 24.7 Å². The Hall–Kier alpha value is -1.77. The van der Waals surface area contributed by atoms with Crippen molar-refractivity contribution >= 4 is 5.91 Å². The fourth-order valence-corrected chi connectivity index (χ4v) is 3.73. The zero-order valence-corrected chi connectivity index (χ0v) is 13.0. The molecule has 1 aromatic rings. The van der Waals surface area contributed by atoms with Gasteiger partial charge in [-0.3, -0.25) is 4.79 Å². The number of fused-ring (bicyclic) bond motifs is 1. The highest BCUT2D eigenvalue weighted by atomic mass is 19.4. The first kappa shape index (κ1) is 18.0. The number of rotatable bonds is 1. The molecule has 0 bridgehead atoms. The van der Waals surface area contributed by atoms with Gasteiger partial charge in [-0.05, 0) is 42.9 Å². The second kappa shape index (κ2) is 5.89. The lowest BCUT2D eigenvalue weighted by Crippen LogP contribution is -2.33. The van der Waals surface area contributed by atoms with Crippen LogP contribution in [0.1, 0.15) is 34.3 Å². The highest BCUT2D eigenvalue weighted by molar-refractivity contribution is 5.95. The summed E-state index contributed by atoms with van der Waals surface area (Å²) >= 11 is 0. The highest BCUT2D eigenvalue weighted by Gasteiger charge is 2.43. The van der Waals surface area contributed by atoms with E-state index >= 15 is 0 Å². The van der Waals surface area contributed by atoms with Crippen LogP contribution in [0, 0.1) is 11.8 Å². The number of alkyl halides is 6. The van der Waals surface area contributed by atoms with E-state index in [0.717, 1.165) is 12.8 Å². The van der Waals surface area contributed by atoms with E-state index < -0.39 is 35.0 Å². The molecule has 3 unspecified atom stereocenters. The average Bonchev–Trinajstić information content (AvgIpc) is 3.07. The fraction of sp³-hybridized carbons (Fsp3) is 0.562. The number of amides is 1. The summed E-state index contributed by atoms with van der Waals surface area (Å²) in [4.78, 5) is 13.8. The minimum atomic E-state index is -4.97. The van der Waals surface area contributed by atoms with E-state index in [9.17, 15) is 31.1 Å². The molecule has 0 radical (unpaired) electrons. The molecule has 1 saturated carbocycles. The van der Waals surface area contributed by atoms with Gasteiger partial charge in [-0.15, -0.1) is 0 Å². The van der Waals surface area contributed by atoms with Crippen molar-refractivity contribution in [2.24, 2.45) is 17.6 Å². The predicted octanol–water partition coefficient (Wildman–Crippen LogP) is 3.53. The van der Waals surface area contributed by atoms with E-state index in [4.69, 9.17) is 5.73 Å². The third-order valence-corrected chi connectivity index (χ3v) is 5.03. The van der Waals surface area contributed by atoms with Crippen molar-refractivity contribution in [2.75, 3.05) is 13.1 Å². The van der Waals surface area contributed by atoms with Crippen molar-refractivity contribution in [3.8, 4) is 0 Å². The number of likely N-dealkylation sites (tertiary alicyclic amines) is 1. The summed E-state index contributed by atoms with van der Waals surface area (Å²) in [6, 6.07) is 0.887. The summed E-state index contributed by atoms with van der Waals surface area (Å²) in [7, 11) is 0. The van der Waals surface area contributed by atoms with Gasteiger partial charge in [0.2, 0.25) is 0 Å². The van der Waals surface area contributed by atoms with Crippen LogP contribution in [0.25, 0.3) is 0 Å². The maximum Gasteiger partial charge on any atom is 0.416 e. The van der Waals surface area contributed by atoms with Gasteiger partial charge in [-0.2, -0.15) is 26.3 Å². The van der Waals surface area contributed by atoms with Gasteiger partial charge >= 0.3 is 12.4 Å². The van der Waals surface area contributed by atoms with E-state index in [1.54, 1.807) is 0 Å². The standard InChI is InChI=1S/C16H16F6N2O/c17-15(18,19)10-3-9(4-11(5-10)16(20,21)22)14(25)24-6-8-1-2-13(23)12(8)7-24/h3-5,8,12-13H,1-2,6-7,23H2. The Morgan fingerprint density at radius 1 is 0.960 bits per heavy atom. The van der Waals surface area contributed by atoms with Gasteiger partial charge in [-0.1, -0.05) is 0 Å². The van der Waals surface area contributed by atoms with Crippen molar-refractivity contribution in [2.45, 2.75) is 31.2 Å². The molecule has 1 aliphatic heterocycles. The van der Waals surface area contributed by atoms with Crippen LogP contribution < -0.4 is 5.73 Å². The summed E-state index contributed by atoms with van der Waals surface area (Å²) in [5.74, 6) is -0.609. The summed E-state index contributed by atoms with van der Waals surface area (Å²) in [6.45, 7) is 0.580. The summed E-state index contributed by atoms with van der Waals surface area (Å²) in [5, 5.41) is 0. The zero-order chi connectivity index (χ0) is 18.6. The number of carbonyl (C=O) groups is 1. The number of halogens is 6. The molecule has 9 heteroatoms. The number of nitrogens with zero attached hydrogens (tertiary/aromatic N) is 1. The SMILES string of the molecule is NC1CCC2CN(C(=O)c3cc(C(F)(F)F)cc(C(F)(F)F)c3)CC12. The number of carbonyl (C=O) groups excluding carboxylic acids is 1. The van der Waals surface area contributed by atoms with Crippen LogP contribution >= 0.6 is 0 Å². The smallest absolute Gasteiger partial charge is 0.338 e. The van der Waals surface area contributed by atoms with Crippen LogP contribution in [-0.2, 0) is 12.4 Å². The molecular weight excluding hydrogens is 350 g/mol. The molecule has 2 N–H and O–H groups in total. The molecule has 1 heterocycles. The molecule has 0 spiro atoms. The number of hydrogen-bond acceptors (Lipinski definition) is 2. The Morgan fingerprint density at radius 3 is 2.00 bits per heavy atom. The summed E-state index contributed by atoms with van der Waals surface area (Å²) in [5.41, 5.74) is 2.38. The maximum absolute atomic E-state index is 12.9. The van der Waals surface area contributed by atoms with E-state index in [1.807, 2.05) is 0 Å². The molecule has 1 aromatic carbocycles. The Labute approximate surface area is 139 Å². The van der Waals surface area contributed by atoms with Crippen molar-refractivity contribution in [3.63, 3.8) is 0 Å². The van der Waals surface area contributed by atoms with Crippen LogP contribution in [-0.4, -0.2) is 29.9 Å². The van der Waals surface area contributed by atoms with Gasteiger partial charge < -0.3 is 10.6 Å². The summed E-state index contributed by atoms with van der Waals surface area (Å²) in [6.07, 6.45) is -8.31. The third kappa shape index (κ3) is 3.47. The molecule has 3 nitrogen and oxygen atoms in total. The quantitative estimate of drug-likeness (QED) is 0.773. The molecule has 0 aromatic heterocycles. The van der Waals surface area contributed by atoms with E-state index in [-0.39, 0.29) is 30.5 Å². The minimum absolute atomic E-state index is 0.0193. The van der Waals surface area contributed by atoms with Gasteiger partial charge in [0.15, 0.2) is 0 Å². The second-order valence-corrected chi connectivity index (χ2v) is 6.67. The van der Waals surface area contributed by atoms with Crippen molar-refractivity contribution < 1.29 is 31.1 Å². The van der Waals surface area contributed by atoms with E-state index in [0.29, 0.717) is 18.7 Å². The molecule has 138 valence electrons. The van der Waals surface area contributed by atoms with Crippen molar-refractivity contribution in [1.82, 2.24) is 4.90 Å². The largest absolute Gasteiger partial charge is 0.416 e. The number of benzene rings is 1. The maximum atomic E-state index is 12.9. The Balaban J connectivity index is 1.92. The molecular formula is C16H16F6N2O. The van der Waals surface area contributed by atoms with Crippen LogP contribution in [0.5, 0.6) is 0 Å². The number of hydrogen-bond donors (Lipinski definition) is 1. The van der Waals surface area contributed by atoms with E-state index in [1.165, 1.54) is 4.90 Å². The Kier molecular flexibility index (Phi) is 4.25. The Bertz CT molecular complexity index is 652. The lowest BCUT2D eigenvalue weighted by atomic mass is 9.98. The van der Waals surface area contributed by atoms with Crippen molar-refractivity contribution in [1.29, 1.82) is 0 Å². The average molecular weight is 366 g/mol. The first-order valence-electron chi connectivity index (χ1n) is 7.81.